The summed E-state index contributed by atoms with van der Waals surface area (Å²) < 4.78 is 1.71. The summed E-state index contributed by atoms with van der Waals surface area (Å²) in [5.41, 5.74) is 12.0. The Kier molecular flexibility index (Phi) is 4.37. The Morgan fingerprint density at radius 3 is 2.26 bits per heavy atom. The summed E-state index contributed by atoms with van der Waals surface area (Å²) in [5, 5.41) is 19.1. The fourth-order valence-corrected chi connectivity index (χ4v) is 5.77. The van der Waals surface area contributed by atoms with Crippen LogP contribution < -0.4 is 5.73 Å². The van der Waals surface area contributed by atoms with Crippen LogP contribution >= 0.6 is 11.6 Å². The van der Waals surface area contributed by atoms with Crippen LogP contribution in [0.1, 0.15) is 31.2 Å². The third kappa shape index (κ3) is 3.26. The SMILES string of the molecule is N[C@]1(c2ccc(-c3nc4ccc5nnc(Cl)n5c4nc3-c3ccccc3)cc2)C[C@](O)(C2CC2)C1. The number of aromatic nitrogens is 5. The zero-order valence-corrected chi connectivity index (χ0v) is 19.7. The van der Waals surface area contributed by atoms with E-state index in [2.05, 4.69) is 22.3 Å². The molecule has 2 aliphatic rings. The lowest BCUT2D eigenvalue weighted by Gasteiger charge is -2.52. The molecular weight excluding hydrogens is 460 g/mol. The van der Waals surface area contributed by atoms with Gasteiger partial charge >= 0.3 is 0 Å². The molecule has 2 aromatic carbocycles. The van der Waals surface area contributed by atoms with Crippen LogP contribution in [0.4, 0.5) is 0 Å². The lowest BCUT2D eigenvalue weighted by atomic mass is 9.60. The average Bonchev–Trinajstić information content (AvgIpc) is 3.66. The first kappa shape index (κ1) is 20.9. The van der Waals surface area contributed by atoms with E-state index in [-0.39, 0.29) is 5.28 Å². The molecule has 3 N–H and O–H groups in total. The molecule has 3 aromatic heterocycles. The van der Waals surface area contributed by atoms with Crippen LogP contribution in [0.2, 0.25) is 5.28 Å². The molecule has 2 saturated carbocycles. The molecule has 5 aromatic rings. The zero-order valence-electron chi connectivity index (χ0n) is 18.9. The molecule has 2 aliphatic carbocycles. The predicted molar refractivity (Wildman–Crippen MR) is 135 cm³/mol. The first-order valence-electron chi connectivity index (χ1n) is 11.8. The van der Waals surface area contributed by atoms with E-state index in [0.717, 1.165) is 40.9 Å². The largest absolute Gasteiger partial charge is 0.389 e. The maximum atomic E-state index is 10.8. The zero-order chi connectivity index (χ0) is 23.8. The first-order chi connectivity index (χ1) is 16.9. The topological polar surface area (TPSA) is 102 Å². The van der Waals surface area contributed by atoms with E-state index in [0.29, 0.717) is 35.6 Å². The highest BCUT2D eigenvalue weighted by atomic mass is 35.5. The van der Waals surface area contributed by atoms with E-state index in [9.17, 15) is 5.11 Å². The van der Waals surface area contributed by atoms with Gasteiger partial charge in [0.05, 0.1) is 17.0 Å². The van der Waals surface area contributed by atoms with Gasteiger partial charge in [0.25, 0.3) is 0 Å². The molecule has 0 atom stereocenters. The van der Waals surface area contributed by atoms with E-state index in [1.54, 1.807) is 4.40 Å². The van der Waals surface area contributed by atoms with Crippen LogP contribution in [-0.2, 0) is 5.54 Å². The predicted octanol–water partition coefficient (Wildman–Crippen LogP) is 4.75. The smallest absolute Gasteiger partial charge is 0.231 e. The molecule has 2 fully saturated rings. The number of nitrogens with zero attached hydrogens (tertiary/aromatic N) is 5. The summed E-state index contributed by atoms with van der Waals surface area (Å²) in [6.07, 6.45) is 3.46. The minimum Gasteiger partial charge on any atom is -0.389 e. The van der Waals surface area contributed by atoms with Crippen molar-refractivity contribution < 1.29 is 5.11 Å². The maximum absolute atomic E-state index is 10.8. The maximum Gasteiger partial charge on any atom is 0.231 e. The van der Waals surface area contributed by atoms with E-state index >= 15 is 0 Å². The van der Waals surface area contributed by atoms with E-state index < -0.39 is 11.1 Å². The van der Waals surface area contributed by atoms with Crippen molar-refractivity contribution in [1.29, 1.82) is 0 Å². The first-order valence-corrected chi connectivity index (χ1v) is 12.2. The van der Waals surface area contributed by atoms with Crippen molar-refractivity contribution >= 4 is 28.4 Å². The lowest BCUT2D eigenvalue weighted by Crippen LogP contribution is -2.60. The Morgan fingerprint density at radius 1 is 0.857 bits per heavy atom. The monoisotopic (exact) mass is 482 g/mol. The number of nitrogens with two attached hydrogens (primary N) is 1. The molecule has 0 saturated heterocycles. The number of halogens is 1. The minimum absolute atomic E-state index is 0.246. The van der Waals surface area contributed by atoms with Crippen molar-refractivity contribution in [2.75, 3.05) is 0 Å². The van der Waals surface area contributed by atoms with Gasteiger partial charge in [-0.05, 0) is 60.9 Å². The number of hydrogen-bond donors (Lipinski definition) is 2. The molecule has 0 unspecified atom stereocenters. The van der Waals surface area contributed by atoms with Crippen molar-refractivity contribution in [3.8, 4) is 22.5 Å². The standard InChI is InChI=1S/C27H23ClN6O/c28-25-33-32-21-13-12-20-24(34(21)25)31-23(16-4-2-1-3-5-16)22(30-20)17-6-8-18(9-7-17)26(29)14-27(35,15-26)19-10-11-19/h1-9,12-13,19,35H,10-11,14-15,29H2/t26-,27-. The van der Waals surface area contributed by atoms with Crippen LogP contribution in [0, 0.1) is 5.92 Å². The number of fused-ring (bicyclic) bond motifs is 3. The van der Waals surface area contributed by atoms with Crippen molar-refractivity contribution in [2.24, 2.45) is 11.7 Å². The van der Waals surface area contributed by atoms with Crippen molar-refractivity contribution in [2.45, 2.75) is 36.8 Å². The van der Waals surface area contributed by atoms with E-state index in [4.69, 9.17) is 27.3 Å². The Labute approximate surface area is 206 Å². The molecule has 0 bridgehead atoms. The van der Waals surface area contributed by atoms with E-state index in [1.165, 1.54) is 0 Å². The van der Waals surface area contributed by atoms with Crippen molar-refractivity contribution in [3.05, 3.63) is 77.6 Å². The highest BCUT2D eigenvalue weighted by Gasteiger charge is 2.58. The number of benzene rings is 2. The lowest BCUT2D eigenvalue weighted by molar-refractivity contribution is -0.106. The number of rotatable bonds is 4. The number of aliphatic hydroxyl groups is 1. The molecule has 7 nitrogen and oxygen atoms in total. The molecule has 0 aliphatic heterocycles. The van der Waals surface area contributed by atoms with Crippen LogP contribution in [0.5, 0.6) is 0 Å². The third-order valence-electron chi connectivity index (χ3n) is 7.51. The summed E-state index contributed by atoms with van der Waals surface area (Å²) in [6, 6.07) is 21.9. The van der Waals surface area contributed by atoms with Gasteiger partial charge in [-0.1, -0.05) is 54.6 Å². The minimum atomic E-state index is -0.591. The second kappa shape index (κ2) is 7.31. The molecule has 0 amide bonds. The van der Waals surface area contributed by atoms with Gasteiger partial charge < -0.3 is 10.8 Å². The van der Waals surface area contributed by atoms with Gasteiger partial charge in [0, 0.05) is 16.7 Å². The molecule has 174 valence electrons. The van der Waals surface area contributed by atoms with Gasteiger partial charge in [0.2, 0.25) is 5.28 Å². The van der Waals surface area contributed by atoms with Crippen LogP contribution in [-0.4, -0.2) is 35.3 Å². The van der Waals surface area contributed by atoms with Gasteiger partial charge in [-0.15, -0.1) is 10.2 Å². The van der Waals surface area contributed by atoms with Gasteiger partial charge in [0.15, 0.2) is 11.3 Å². The normalized spacial score (nSPS) is 24.1. The Bertz CT molecular complexity index is 1590. The van der Waals surface area contributed by atoms with Gasteiger partial charge in [-0.25, -0.2) is 14.4 Å². The van der Waals surface area contributed by atoms with Crippen molar-refractivity contribution in [3.63, 3.8) is 0 Å². The van der Waals surface area contributed by atoms with Gasteiger partial charge in [0.1, 0.15) is 5.52 Å². The Balaban J connectivity index is 1.34. The Hall–Kier alpha value is -3.39. The van der Waals surface area contributed by atoms with Crippen LogP contribution in [0.25, 0.3) is 39.3 Å². The molecule has 35 heavy (non-hydrogen) atoms. The highest BCUT2D eigenvalue weighted by Crippen LogP contribution is 2.57. The fourth-order valence-electron chi connectivity index (χ4n) is 5.56. The summed E-state index contributed by atoms with van der Waals surface area (Å²) in [4.78, 5) is 10.0. The summed E-state index contributed by atoms with van der Waals surface area (Å²) in [5.74, 6) is 0.422. The molecule has 0 radical (unpaired) electrons. The summed E-state index contributed by atoms with van der Waals surface area (Å²) >= 11 is 6.32. The molecule has 8 heteroatoms. The second-order valence-corrected chi connectivity index (χ2v) is 10.3. The van der Waals surface area contributed by atoms with Crippen LogP contribution in [0.3, 0.4) is 0 Å². The van der Waals surface area contributed by atoms with Gasteiger partial charge in [-0.2, -0.15) is 0 Å². The van der Waals surface area contributed by atoms with E-state index in [1.807, 2.05) is 54.6 Å². The van der Waals surface area contributed by atoms with Gasteiger partial charge in [-0.3, -0.25) is 0 Å². The number of pyridine rings is 1. The van der Waals surface area contributed by atoms with Crippen LogP contribution in [0.15, 0.2) is 66.7 Å². The molecular formula is C27H23ClN6O. The summed E-state index contributed by atoms with van der Waals surface area (Å²) in [6.45, 7) is 0. The quantitative estimate of drug-likeness (QED) is 0.383. The third-order valence-corrected chi connectivity index (χ3v) is 7.76. The average molecular weight is 483 g/mol. The second-order valence-electron chi connectivity index (χ2n) is 9.96. The fraction of sp³-hybridized carbons (Fsp3) is 0.259. The summed E-state index contributed by atoms with van der Waals surface area (Å²) in [7, 11) is 0. The molecule has 0 spiro atoms. The van der Waals surface area contributed by atoms with Crippen molar-refractivity contribution in [1.82, 2.24) is 24.6 Å². The Morgan fingerprint density at radius 2 is 1.54 bits per heavy atom. The number of hydrogen-bond acceptors (Lipinski definition) is 6. The highest BCUT2D eigenvalue weighted by molar-refractivity contribution is 6.28. The molecule has 7 rings (SSSR count). The molecule has 3 heterocycles.